The molecule has 1 aliphatic heterocycles. The molecule has 0 radical (unpaired) electrons. The first-order valence-corrected chi connectivity index (χ1v) is 6.24. The molecule has 1 fully saturated rings. The Labute approximate surface area is 116 Å². The number of hydrogen-bond donors (Lipinski definition) is 1. The van der Waals surface area contributed by atoms with Gasteiger partial charge >= 0.3 is 6.09 Å². The number of carbonyl (C=O) groups excluding carboxylic acids is 1. The minimum Gasteiger partial charge on any atom is -0.444 e. The lowest BCUT2D eigenvalue weighted by Gasteiger charge is -2.19. The van der Waals surface area contributed by atoms with Crippen molar-refractivity contribution in [3.63, 3.8) is 0 Å². The zero-order valence-electron chi connectivity index (χ0n) is 11.4. The second-order valence-corrected chi connectivity index (χ2v) is 5.14. The lowest BCUT2D eigenvalue weighted by atomic mass is 9.98. The molecule has 1 saturated heterocycles. The van der Waals surface area contributed by atoms with Gasteiger partial charge < -0.3 is 9.84 Å². The first-order chi connectivity index (χ1) is 9.41. The normalized spacial score (nSPS) is 18.6. The van der Waals surface area contributed by atoms with E-state index in [2.05, 4.69) is 10.0 Å². The smallest absolute Gasteiger partial charge is 0.414 e. The van der Waals surface area contributed by atoms with Gasteiger partial charge in [-0.15, -0.1) is 0 Å². The summed E-state index contributed by atoms with van der Waals surface area (Å²) >= 11 is 0. The van der Waals surface area contributed by atoms with E-state index >= 15 is 0 Å². The van der Waals surface area contributed by atoms with Crippen molar-refractivity contribution in [2.24, 2.45) is 5.11 Å². The van der Waals surface area contributed by atoms with Gasteiger partial charge in [0.15, 0.2) is 0 Å². The van der Waals surface area contributed by atoms with E-state index in [9.17, 15) is 9.90 Å². The highest BCUT2D eigenvalue weighted by molar-refractivity contribution is 5.89. The summed E-state index contributed by atoms with van der Waals surface area (Å²) in [5, 5.41) is 13.3. The molecular weight excluding hydrogens is 260 g/mol. The standard InChI is InChI=1S/C13H16N4O3/c1-13(2,19)9-3-5-10(6-4-9)17-8-11(7-15-16-14)20-12(17)18/h3-6,11,19H,7-8H2,1-2H3/t11-/m0/s1. The molecule has 0 aliphatic carbocycles. The second-order valence-electron chi connectivity index (χ2n) is 5.14. The fraction of sp³-hybridized carbons (Fsp3) is 0.462. The molecule has 0 saturated carbocycles. The molecule has 1 atom stereocenters. The molecule has 7 nitrogen and oxygen atoms in total. The van der Waals surface area contributed by atoms with Crippen LogP contribution in [0.15, 0.2) is 29.4 Å². The monoisotopic (exact) mass is 276 g/mol. The Kier molecular flexibility index (Phi) is 3.83. The van der Waals surface area contributed by atoms with Gasteiger partial charge in [0, 0.05) is 10.6 Å². The van der Waals surface area contributed by atoms with Gasteiger partial charge in [-0.2, -0.15) is 0 Å². The maximum absolute atomic E-state index is 11.7. The molecule has 0 aromatic heterocycles. The fourth-order valence-corrected chi connectivity index (χ4v) is 2.00. The minimum atomic E-state index is -0.923. The number of benzene rings is 1. The van der Waals surface area contributed by atoms with E-state index < -0.39 is 17.8 Å². The second kappa shape index (κ2) is 5.40. The van der Waals surface area contributed by atoms with Crippen LogP contribution in [-0.2, 0) is 10.3 Å². The summed E-state index contributed by atoms with van der Waals surface area (Å²) in [5.41, 5.74) is 8.79. The van der Waals surface area contributed by atoms with E-state index in [1.807, 2.05) is 0 Å². The zero-order chi connectivity index (χ0) is 14.8. The van der Waals surface area contributed by atoms with Gasteiger partial charge in [0.1, 0.15) is 6.10 Å². The highest BCUT2D eigenvalue weighted by atomic mass is 16.6. The Balaban J connectivity index is 2.12. The highest BCUT2D eigenvalue weighted by Gasteiger charge is 2.32. The molecular formula is C13H16N4O3. The summed E-state index contributed by atoms with van der Waals surface area (Å²) in [7, 11) is 0. The lowest BCUT2D eigenvalue weighted by Crippen LogP contribution is -2.25. The van der Waals surface area contributed by atoms with Gasteiger partial charge in [0.25, 0.3) is 0 Å². The maximum Gasteiger partial charge on any atom is 0.414 e. The molecule has 20 heavy (non-hydrogen) atoms. The largest absolute Gasteiger partial charge is 0.444 e. The minimum absolute atomic E-state index is 0.125. The van der Waals surface area contributed by atoms with Crippen molar-refractivity contribution in [2.75, 3.05) is 18.0 Å². The summed E-state index contributed by atoms with van der Waals surface area (Å²) in [4.78, 5) is 15.9. The van der Waals surface area contributed by atoms with Crippen molar-refractivity contribution in [3.8, 4) is 0 Å². The zero-order valence-corrected chi connectivity index (χ0v) is 11.4. The molecule has 7 heteroatoms. The van der Waals surface area contributed by atoms with Crippen molar-refractivity contribution < 1.29 is 14.6 Å². The number of ether oxygens (including phenoxy) is 1. The molecule has 1 aromatic rings. The van der Waals surface area contributed by atoms with E-state index in [0.29, 0.717) is 12.2 Å². The quantitative estimate of drug-likeness (QED) is 0.519. The van der Waals surface area contributed by atoms with Crippen LogP contribution >= 0.6 is 0 Å². The van der Waals surface area contributed by atoms with Crippen molar-refractivity contribution in [2.45, 2.75) is 25.6 Å². The average Bonchev–Trinajstić information content (AvgIpc) is 2.77. The van der Waals surface area contributed by atoms with Crippen LogP contribution in [0.1, 0.15) is 19.4 Å². The molecule has 1 amide bonds. The van der Waals surface area contributed by atoms with Crippen LogP contribution in [0.2, 0.25) is 0 Å². The van der Waals surface area contributed by atoms with Crippen LogP contribution in [0.4, 0.5) is 10.5 Å². The Morgan fingerprint density at radius 2 is 2.15 bits per heavy atom. The van der Waals surface area contributed by atoms with Crippen molar-refractivity contribution in [1.82, 2.24) is 0 Å². The molecule has 0 unspecified atom stereocenters. The van der Waals surface area contributed by atoms with Crippen LogP contribution in [0.25, 0.3) is 10.4 Å². The summed E-state index contributed by atoms with van der Waals surface area (Å²) in [6.07, 6.45) is -0.883. The number of cyclic esters (lactones) is 1. The predicted octanol–water partition coefficient (Wildman–Crippen LogP) is 2.55. The van der Waals surface area contributed by atoms with E-state index in [-0.39, 0.29) is 6.54 Å². The number of anilines is 1. The van der Waals surface area contributed by atoms with E-state index in [1.165, 1.54) is 4.90 Å². The van der Waals surface area contributed by atoms with Crippen LogP contribution in [-0.4, -0.2) is 30.4 Å². The number of hydrogen-bond acceptors (Lipinski definition) is 4. The molecule has 106 valence electrons. The summed E-state index contributed by atoms with van der Waals surface area (Å²) in [5.74, 6) is 0. The Hall–Kier alpha value is -2.24. The number of carbonyl (C=O) groups is 1. The van der Waals surface area contributed by atoms with Gasteiger partial charge in [-0.3, -0.25) is 4.90 Å². The third-order valence-electron chi connectivity index (χ3n) is 3.11. The molecule has 1 aromatic carbocycles. The topological polar surface area (TPSA) is 98.5 Å². The lowest BCUT2D eigenvalue weighted by molar-refractivity contribution is 0.0786. The van der Waals surface area contributed by atoms with E-state index in [4.69, 9.17) is 10.3 Å². The van der Waals surface area contributed by atoms with Gasteiger partial charge in [0.2, 0.25) is 0 Å². The van der Waals surface area contributed by atoms with E-state index in [0.717, 1.165) is 5.56 Å². The molecule has 0 spiro atoms. The summed E-state index contributed by atoms with van der Waals surface area (Å²) in [6.45, 7) is 3.87. The third kappa shape index (κ3) is 3.01. The van der Waals surface area contributed by atoms with E-state index in [1.54, 1.807) is 38.1 Å². The van der Waals surface area contributed by atoms with Crippen LogP contribution in [0.3, 0.4) is 0 Å². The average molecular weight is 276 g/mol. The third-order valence-corrected chi connectivity index (χ3v) is 3.11. The maximum atomic E-state index is 11.7. The molecule has 1 N–H and O–H groups in total. The SMILES string of the molecule is CC(C)(O)c1ccc(N2C[C@H](CN=[N+]=[N-])OC2=O)cc1. The van der Waals surface area contributed by atoms with Crippen LogP contribution in [0, 0.1) is 0 Å². The molecule has 2 rings (SSSR count). The molecule has 0 bridgehead atoms. The number of amides is 1. The van der Waals surface area contributed by atoms with Crippen LogP contribution in [0.5, 0.6) is 0 Å². The number of rotatable bonds is 4. The van der Waals surface area contributed by atoms with Crippen molar-refractivity contribution in [1.29, 1.82) is 0 Å². The van der Waals surface area contributed by atoms with Gasteiger partial charge in [-0.05, 0) is 37.1 Å². The van der Waals surface area contributed by atoms with Crippen LogP contribution < -0.4 is 4.90 Å². The van der Waals surface area contributed by atoms with Gasteiger partial charge in [-0.1, -0.05) is 17.2 Å². The summed E-state index contributed by atoms with van der Waals surface area (Å²) < 4.78 is 5.10. The Morgan fingerprint density at radius 1 is 1.50 bits per heavy atom. The first-order valence-electron chi connectivity index (χ1n) is 6.24. The Morgan fingerprint density at radius 3 is 2.70 bits per heavy atom. The van der Waals surface area contributed by atoms with Crippen molar-refractivity contribution in [3.05, 3.63) is 40.3 Å². The number of azide groups is 1. The predicted molar refractivity (Wildman–Crippen MR) is 73.3 cm³/mol. The highest BCUT2D eigenvalue weighted by Crippen LogP contribution is 2.26. The number of aliphatic hydroxyl groups is 1. The molecule has 1 heterocycles. The molecule has 1 aliphatic rings. The first kappa shape index (κ1) is 14.2. The Bertz CT molecular complexity index is 544. The summed E-state index contributed by atoms with van der Waals surface area (Å²) in [6, 6.07) is 7.04. The number of nitrogens with zero attached hydrogens (tertiary/aromatic N) is 4. The fourth-order valence-electron chi connectivity index (χ4n) is 2.00. The van der Waals surface area contributed by atoms with Gasteiger partial charge in [-0.25, -0.2) is 4.79 Å². The van der Waals surface area contributed by atoms with Gasteiger partial charge in [0.05, 0.1) is 18.7 Å². The van der Waals surface area contributed by atoms with Crippen molar-refractivity contribution >= 4 is 11.8 Å².